The van der Waals surface area contributed by atoms with E-state index in [4.69, 9.17) is 5.73 Å². The lowest BCUT2D eigenvalue weighted by Crippen LogP contribution is -1.93. The first-order valence-electron chi connectivity index (χ1n) is 4.82. The van der Waals surface area contributed by atoms with Gasteiger partial charge in [-0.15, -0.1) is 0 Å². The normalized spacial score (nSPS) is 10.3. The summed E-state index contributed by atoms with van der Waals surface area (Å²) < 4.78 is 0. The molecular formula is C12H13N3. The molecule has 76 valence electrons. The van der Waals surface area contributed by atoms with Gasteiger partial charge in [-0.3, -0.25) is 0 Å². The summed E-state index contributed by atoms with van der Waals surface area (Å²) in [6.45, 7) is 4.17. The van der Waals surface area contributed by atoms with Crippen molar-refractivity contribution in [1.29, 1.82) is 0 Å². The average molecular weight is 199 g/mol. The van der Waals surface area contributed by atoms with Crippen LogP contribution in [0.2, 0.25) is 0 Å². The zero-order chi connectivity index (χ0) is 10.8. The second-order valence-corrected chi connectivity index (χ2v) is 3.64. The summed E-state index contributed by atoms with van der Waals surface area (Å²) in [6, 6.07) is 6.18. The van der Waals surface area contributed by atoms with Crippen molar-refractivity contribution in [3.8, 4) is 11.4 Å². The van der Waals surface area contributed by atoms with E-state index in [-0.39, 0.29) is 0 Å². The van der Waals surface area contributed by atoms with E-state index in [1.54, 1.807) is 12.4 Å². The van der Waals surface area contributed by atoms with Crippen LogP contribution in [0.25, 0.3) is 11.4 Å². The second-order valence-electron chi connectivity index (χ2n) is 3.64. The number of nitrogens with zero attached hydrogens (tertiary/aromatic N) is 2. The molecule has 0 bridgehead atoms. The Morgan fingerprint density at radius 2 is 1.67 bits per heavy atom. The topological polar surface area (TPSA) is 51.8 Å². The first-order valence-corrected chi connectivity index (χ1v) is 4.82. The second kappa shape index (κ2) is 3.69. The Morgan fingerprint density at radius 3 is 2.27 bits per heavy atom. The zero-order valence-corrected chi connectivity index (χ0v) is 8.86. The fourth-order valence-corrected chi connectivity index (χ4v) is 1.37. The van der Waals surface area contributed by atoms with Gasteiger partial charge < -0.3 is 5.73 Å². The molecule has 1 aromatic heterocycles. The van der Waals surface area contributed by atoms with E-state index in [1.165, 1.54) is 11.1 Å². The number of benzene rings is 1. The van der Waals surface area contributed by atoms with E-state index in [1.807, 2.05) is 6.07 Å². The van der Waals surface area contributed by atoms with Crippen molar-refractivity contribution >= 4 is 5.69 Å². The van der Waals surface area contributed by atoms with Gasteiger partial charge in [0.25, 0.3) is 0 Å². The van der Waals surface area contributed by atoms with Crippen LogP contribution in [0.5, 0.6) is 0 Å². The summed E-state index contributed by atoms with van der Waals surface area (Å²) >= 11 is 0. The van der Waals surface area contributed by atoms with E-state index in [9.17, 15) is 0 Å². The smallest absolute Gasteiger partial charge is 0.159 e. The first-order chi connectivity index (χ1) is 7.16. The van der Waals surface area contributed by atoms with E-state index in [2.05, 4.69) is 35.9 Å². The van der Waals surface area contributed by atoms with Crippen LogP contribution in [0.3, 0.4) is 0 Å². The molecule has 0 aliphatic heterocycles. The maximum Gasteiger partial charge on any atom is 0.159 e. The highest BCUT2D eigenvalue weighted by Gasteiger charge is 2.01. The van der Waals surface area contributed by atoms with Crippen molar-refractivity contribution in [2.45, 2.75) is 13.8 Å². The molecule has 1 heterocycles. The van der Waals surface area contributed by atoms with Crippen molar-refractivity contribution in [2.75, 3.05) is 5.73 Å². The molecule has 3 heteroatoms. The Hall–Kier alpha value is -1.90. The van der Waals surface area contributed by atoms with Gasteiger partial charge in [0, 0.05) is 5.56 Å². The minimum Gasteiger partial charge on any atom is -0.396 e. The summed E-state index contributed by atoms with van der Waals surface area (Å²) in [5.74, 6) is 0.715. The lowest BCUT2D eigenvalue weighted by atomic mass is 10.1. The third kappa shape index (κ3) is 1.96. The van der Waals surface area contributed by atoms with Gasteiger partial charge >= 0.3 is 0 Å². The van der Waals surface area contributed by atoms with Gasteiger partial charge in [0.1, 0.15) is 0 Å². The van der Waals surface area contributed by atoms with Crippen molar-refractivity contribution in [1.82, 2.24) is 9.97 Å². The van der Waals surface area contributed by atoms with Gasteiger partial charge in [0.15, 0.2) is 5.82 Å². The first kappa shape index (κ1) is 9.65. The molecule has 0 amide bonds. The van der Waals surface area contributed by atoms with Gasteiger partial charge in [-0.1, -0.05) is 12.1 Å². The number of nitrogens with two attached hydrogens (primary N) is 1. The number of hydrogen-bond donors (Lipinski definition) is 1. The molecule has 2 aromatic rings. The van der Waals surface area contributed by atoms with Crippen molar-refractivity contribution < 1.29 is 0 Å². The number of aromatic nitrogens is 2. The molecule has 15 heavy (non-hydrogen) atoms. The van der Waals surface area contributed by atoms with Gasteiger partial charge in [-0.05, 0) is 31.0 Å². The largest absolute Gasteiger partial charge is 0.396 e. The van der Waals surface area contributed by atoms with Crippen molar-refractivity contribution in [3.63, 3.8) is 0 Å². The number of aryl methyl sites for hydroxylation is 2. The zero-order valence-electron chi connectivity index (χ0n) is 8.86. The Morgan fingerprint density at radius 1 is 1.00 bits per heavy atom. The fourth-order valence-electron chi connectivity index (χ4n) is 1.37. The highest BCUT2D eigenvalue weighted by atomic mass is 14.9. The van der Waals surface area contributed by atoms with Gasteiger partial charge in [-0.25, -0.2) is 9.97 Å². The lowest BCUT2D eigenvalue weighted by molar-refractivity contribution is 1.17. The van der Waals surface area contributed by atoms with E-state index < -0.39 is 0 Å². The van der Waals surface area contributed by atoms with Crippen LogP contribution >= 0.6 is 0 Å². The minimum atomic E-state index is 0.586. The monoisotopic (exact) mass is 199 g/mol. The molecule has 0 fully saturated rings. The summed E-state index contributed by atoms with van der Waals surface area (Å²) in [5, 5.41) is 0. The predicted octanol–water partition coefficient (Wildman–Crippen LogP) is 2.34. The highest BCUT2D eigenvalue weighted by molar-refractivity contribution is 5.57. The molecule has 0 aliphatic carbocycles. The van der Waals surface area contributed by atoms with Crippen LogP contribution in [0.4, 0.5) is 5.69 Å². The molecule has 2 rings (SSSR count). The molecular weight excluding hydrogens is 186 g/mol. The van der Waals surface area contributed by atoms with Crippen LogP contribution in [0, 0.1) is 13.8 Å². The third-order valence-electron chi connectivity index (χ3n) is 2.44. The molecule has 3 nitrogen and oxygen atoms in total. The van der Waals surface area contributed by atoms with Gasteiger partial charge in [-0.2, -0.15) is 0 Å². The summed E-state index contributed by atoms with van der Waals surface area (Å²) in [6.07, 6.45) is 3.25. The number of nitrogen functional groups attached to an aromatic ring is 1. The van der Waals surface area contributed by atoms with E-state index in [0.717, 1.165) is 5.56 Å². The summed E-state index contributed by atoms with van der Waals surface area (Å²) in [4.78, 5) is 8.37. The molecule has 0 saturated heterocycles. The standard InChI is InChI=1S/C12H13N3/c1-8-3-4-10(5-9(8)2)12-14-6-11(13)7-15-12/h3-7H,13H2,1-2H3. The van der Waals surface area contributed by atoms with Crippen LogP contribution in [-0.2, 0) is 0 Å². The van der Waals surface area contributed by atoms with Crippen molar-refractivity contribution in [2.24, 2.45) is 0 Å². The van der Waals surface area contributed by atoms with Gasteiger partial charge in [0.2, 0.25) is 0 Å². The molecule has 0 saturated carbocycles. The summed E-state index contributed by atoms with van der Waals surface area (Å²) in [5.41, 5.74) is 9.66. The summed E-state index contributed by atoms with van der Waals surface area (Å²) in [7, 11) is 0. The third-order valence-corrected chi connectivity index (χ3v) is 2.44. The van der Waals surface area contributed by atoms with E-state index in [0.29, 0.717) is 11.5 Å². The Labute approximate surface area is 89.0 Å². The molecule has 0 atom stereocenters. The highest BCUT2D eigenvalue weighted by Crippen LogP contribution is 2.18. The SMILES string of the molecule is Cc1ccc(-c2ncc(N)cn2)cc1C. The quantitative estimate of drug-likeness (QED) is 0.767. The molecule has 1 aromatic carbocycles. The van der Waals surface area contributed by atoms with Crippen LogP contribution < -0.4 is 5.73 Å². The van der Waals surface area contributed by atoms with Crippen LogP contribution in [-0.4, -0.2) is 9.97 Å². The fraction of sp³-hybridized carbons (Fsp3) is 0.167. The maximum absolute atomic E-state index is 5.53. The van der Waals surface area contributed by atoms with Crippen molar-refractivity contribution in [3.05, 3.63) is 41.7 Å². The Bertz CT molecular complexity index is 475. The molecule has 0 radical (unpaired) electrons. The minimum absolute atomic E-state index is 0.586. The van der Waals surface area contributed by atoms with E-state index >= 15 is 0 Å². The van der Waals surface area contributed by atoms with Gasteiger partial charge in [0.05, 0.1) is 18.1 Å². The lowest BCUT2D eigenvalue weighted by Gasteiger charge is -2.03. The molecule has 0 aliphatic rings. The molecule has 0 unspecified atom stereocenters. The van der Waals surface area contributed by atoms with Crippen LogP contribution in [0.1, 0.15) is 11.1 Å². The number of rotatable bonds is 1. The maximum atomic E-state index is 5.53. The predicted molar refractivity (Wildman–Crippen MR) is 61.4 cm³/mol. The average Bonchev–Trinajstić information content (AvgIpc) is 2.23. The molecule has 0 spiro atoms. The molecule has 2 N–H and O–H groups in total. The van der Waals surface area contributed by atoms with Crippen LogP contribution in [0.15, 0.2) is 30.6 Å². The number of hydrogen-bond acceptors (Lipinski definition) is 3. The number of anilines is 1. The Kier molecular flexibility index (Phi) is 2.37. The Balaban J connectivity index is 2.45.